The highest BCUT2D eigenvalue weighted by molar-refractivity contribution is 5.94. The molecule has 0 saturated carbocycles. The summed E-state index contributed by atoms with van der Waals surface area (Å²) in [6.07, 6.45) is 7.68. The van der Waals surface area contributed by atoms with Crippen molar-refractivity contribution in [1.29, 1.82) is 0 Å². The quantitative estimate of drug-likeness (QED) is 0.749. The summed E-state index contributed by atoms with van der Waals surface area (Å²) >= 11 is 0. The van der Waals surface area contributed by atoms with Crippen LogP contribution in [0.2, 0.25) is 0 Å². The standard InChI is InChI=1S/C18H24F2N2O/c1-2-3-4-5-6-9-21-10-12-22(13-11-21)18(23)16-14-15(19)7-8-17(16)20/h4-5,7-8,14H,2-3,6,9-13H2,1H3/b5-4+. The first-order valence-electron chi connectivity index (χ1n) is 8.23. The minimum absolute atomic E-state index is 0.180. The Bertz CT molecular complexity index is 552. The molecule has 126 valence electrons. The molecule has 1 aromatic rings. The SMILES string of the molecule is CCC/C=C/CCN1CCN(C(=O)c2cc(F)ccc2F)CC1. The van der Waals surface area contributed by atoms with Gasteiger partial charge in [-0.05, 0) is 31.0 Å². The number of allylic oxidation sites excluding steroid dienone is 1. The lowest BCUT2D eigenvalue weighted by atomic mass is 10.1. The molecule has 23 heavy (non-hydrogen) atoms. The Kier molecular flexibility index (Phi) is 6.71. The second kappa shape index (κ2) is 8.77. The first-order chi connectivity index (χ1) is 11.1. The van der Waals surface area contributed by atoms with Gasteiger partial charge in [0.25, 0.3) is 5.91 Å². The number of unbranched alkanes of at least 4 members (excludes halogenated alkanes) is 1. The van der Waals surface area contributed by atoms with Gasteiger partial charge in [0.05, 0.1) is 5.56 Å². The van der Waals surface area contributed by atoms with Crippen LogP contribution in [0.15, 0.2) is 30.4 Å². The van der Waals surface area contributed by atoms with Crippen molar-refractivity contribution in [3.63, 3.8) is 0 Å². The fraction of sp³-hybridized carbons (Fsp3) is 0.500. The Morgan fingerprint density at radius 2 is 1.83 bits per heavy atom. The summed E-state index contributed by atoms with van der Waals surface area (Å²) in [5, 5.41) is 0. The molecule has 3 nitrogen and oxygen atoms in total. The van der Waals surface area contributed by atoms with E-state index in [4.69, 9.17) is 0 Å². The Hall–Kier alpha value is -1.75. The maximum Gasteiger partial charge on any atom is 0.257 e. The van der Waals surface area contributed by atoms with E-state index in [0.717, 1.165) is 57.1 Å². The van der Waals surface area contributed by atoms with Crippen molar-refractivity contribution in [2.45, 2.75) is 26.2 Å². The van der Waals surface area contributed by atoms with Gasteiger partial charge < -0.3 is 4.90 Å². The molecule has 1 aliphatic rings. The minimum atomic E-state index is -0.667. The van der Waals surface area contributed by atoms with Crippen LogP contribution in [0.1, 0.15) is 36.5 Å². The molecule has 0 radical (unpaired) electrons. The Labute approximate surface area is 136 Å². The van der Waals surface area contributed by atoms with Crippen LogP contribution < -0.4 is 0 Å². The molecule has 0 N–H and O–H groups in total. The average molecular weight is 322 g/mol. The Morgan fingerprint density at radius 1 is 1.13 bits per heavy atom. The van der Waals surface area contributed by atoms with Crippen molar-refractivity contribution in [1.82, 2.24) is 9.80 Å². The fourth-order valence-corrected chi connectivity index (χ4v) is 2.67. The van der Waals surface area contributed by atoms with Gasteiger partial charge in [-0.3, -0.25) is 9.69 Å². The van der Waals surface area contributed by atoms with Gasteiger partial charge in [0, 0.05) is 32.7 Å². The van der Waals surface area contributed by atoms with E-state index >= 15 is 0 Å². The van der Waals surface area contributed by atoms with Crippen LogP contribution in [-0.2, 0) is 0 Å². The molecule has 0 spiro atoms. The van der Waals surface area contributed by atoms with Crippen molar-refractivity contribution in [3.8, 4) is 0 Å². The number of carbonyl (C=O) groups excluding carboxylic acids is 1. The Balaban J connectivity index is 1.82. The highest BCUT2D eigenvalue weighted by Gasteiger charge is 2.24. The van der Waals surface area contributed by atoms with E-state index in [-0.39, 0.29) is 5.56 Å². The van der Waals surface area contributed by atoms with E-state index in [0.29, 0.717) is 13.1 Å². The first kappa shape index (κ1) is 17.6. The molecule has 1 saturated heterocycles. The van der Waals surface area contributed by atoms with Crippen molar-refractivity contribution in [3.05, 3.63) is 47.5 Å². The van der Waals surface area contributed by atoms with Crippen LogP contribution in [0.25, 0.3) is 0 Å². The molecule has 0 aromatic heterocycles. The number of halogens is 2. The van der Waals surface area contributed by atoms with Gasteiger partial charge in [0.1, 0.15) is 11.6 Å². The summed E-state index contributed by atoms with van der Waals surface area (Å²) in [7, 11) is 0. The summed E-state index contributed by atoms with van der Waals surface area (Å²) in [6.45, 7) is 5.76. The lowest BCUT2D eigenvalue weighted by molar-refractivity contribution is 0.0634. The third-order valence-corrected chi connectivity index (χ3v) is 4.05. The monoisotopic (exact) mass is 322 g/mol. The van der Waals surface area contributed by atoms with Crippen molar-refractivity contribution in [2.24, 2.45) is 0 Å². The number of hydrogen-bond acceptors (Lipinski definition) is 2. The molecular weight excluding hydrogens is 298 g/mol. The molecule has 1 heterocycles. The van der Waals surface area contributed by atoms with E-state index in [1.807, 2.05) is 0 Å². The van der Waals surface area contributed by atoms with Gasteiger partial charge >= 0.3 is 0 Å². The number of nitrogens with zero attached hydrogens (tertiary/aromatic N) is 2. The van der Waals surface area contributed by atoms with Gasteiger partial charge in [0.2, 0.25) is 0 Å². The lowest BCUT2D eigenvalue weighted by Gasteiger charge is -2.34. The van der Waals surface area contributed by atoms with Crippen LogP contribution in [-0.4, -0.2) is 48.4 Å². The Morgan fingerprint density at radius 3 is 2.52 bits per heavy atom. The lowest BCUT2D eigenvalue weighted by Crippen LogP contribution is -2.49. The van der Waals surface area contributed by atoms with Gasteiger partial charge in [-0.25, -0.2) is 8.78 Å². The second-order valence-corrected chi connectivity index (χ2v) is 5.81. The number of piperazine rings is 1. The van der Waals surface area contributed by atoms with Crippen molar-refractivity contribution < 1.29 is 13.6 Å². The van der Waals surface area contributed by atoms with Crippen LogP contribution in [0.4, 0.5) is 8.78 Å². The third kappa shape index (κ3) is 5.13. The normalized spacial score (nSPS) is 16.2. The molecule has 1 fully saturated rings. The molecule has 1 aliphatic heterocycles. The van der Waals surface area contributed by atoms with Crippen LogP contribution in [0.3, 0.4) is 0 Å². The molecule has 0 unspecified atom stereocenters. The van der Waals surface area contributed by atoms with E-state index in [2.05, 4.69) is 24.0 Å². The second-order valence-electron chi connectivity index (χ2n) is 5.81. The van der Waals surface area contributed by atoms with Crippen LogP contribution >= 0.6 is 0 Å². The first-order valence-corrected chi connectivity index (χ1v) is 8.23. The molecule has 1 amide bonds. The summed E-state index contributed by atoms with van der Waals surface area (Å²) in [4.78, 5) is 16.2. The van der Waals surface area contributed by atoms with Gasteiger partial charge in [-0.1, -0.05) is 25.5 Å². The van der Waals surface area contributed by atoms with Crippen LogP contribution in [0.5, 0.6) is 0 Å². The maximum absolute atomic E-state index is 13.7. The molecule has 5 heteroatoms. The number of rotatable bonds is 6. The van der Waals surface area contributed by atoms with Gasteiger partial charge in [0.15, 0.2) is 0 Å². The third-order valence-electron chi connectivity index (χ3n) is 4.05. The predicted octanol–water partition coefficient (Wildman–Crippen LogP) is 3.47. The predicted molar refractivity (Wildman–Crippen MR) is 87.4 cm³/mol. The van der Waals surface area contributed by atoms with Crippen molar-refractivity contribution in [2.75, 3.05) is 32.7 Å². The fourth-order valence-electron chi connectivity index (χ4n) is 2.67. The summed E-state index contributed by atoms with van der Waals surface area (Å²) < 4.78 is 26.9. The number of amides is 1. The molecule has 2 rings (SSSR count). The molecule has 0 atom stereocenters. The summed E-state index contributed by atoms with van der Waals surface area (Å²) in [5.74, 6) is -1.68. The highest BCUT2D eigenvalue weighted by Crippen LogP contribution is 2.14. The van der Waals surface area contributed by atoms with E-state index in [1.165, 1.54) is 0 Å². The smallest absolute Gasteiger partial charge is 0.257 e. The zero-order chi connectivity index (χ0) is 16.7. The van der Waals surface area contributed by atoms with Gasteiger partial charge in [-0.2, -0.15) is 0 Å². The average Bonchev–Trinajstić information content (AvgIpc) is 2.57. The number of benzene rings is 1. The molecule has 1 aromatic carbocycles. The van der Waals surface area contributed by atoms with E-state index in [9.17, 15) is 13.6 Å². The van der Waals surface area contributed by atoms with Crippen molar-refractivity contribution >= 4 is 5.91 Å². The topological polar surface area (TPSA) is 23.6 Å². The number of hydrogen-bond donors (Lipinski definition) is 0. The number of carbonyl (C=O) groups is 1. The van der Waals surface area contributed by atoms with Crippen LogP contribution in [0, 0.1) is 11.6 Å². The zero-order valence-electron chi connectivity index (χ0n) is 13.6. The maximum atomic E-state index is 13.7. The van der Waals surface area contributed by atoms with E-state index < -0.39 is 17.5 Å². The van der Waals surface area contributed by atoms with E-state index in [1.54, 1.807) is 4.90 Å². The zero-order valence-corrected chi connectivity index (χ0v) is 13.6. The molecule has 0 bridgehead atoms. The van der Waals surface area contributed by atoms with Gasteiger partial charge in [-0.15, -0.1) is 0 Å². The summed E-state index contributed by atoms with van der Waals surface area (Å²) in [5.41, 5.74) is -0.180. The largest absolute Gasteiger partial charge is 0.336 e. The molecular formula is C18H24F2N2O. The highest BCUT2D eigenvalue weighted by atomic mass is 19.1. The summed E-state index contributed by atoms with van der Waals surface area (Å²) in [6, 6.07) is 3.00. The molecule has 0 aliphatic carbocycles. The minimum Gasteiger partial charge on any atom is -0.336 e.